The van der Waals surface area contributed by atoms with Crippen molar-refractivity contribution in [3.05, 3.63) is 77.0 Å². The van der Waals surface area contributed by atoms with Gasteiger partial charge in [-0.2, -0.15) is 13.2 Å². The first-order chi connectivity index (χ1) is 18.2. The number of amides is 3. The summed E-state index contributed by atoms with van der Waals surface area (Å²) in [6.07, 6.45) is -4.33. The number of nitrogens with two attached hydrogens (primary N) is 2. The van der Waals surface area contributed by atoms with Gasteiger partial charge in [0, 0.05) is 22.9 Å². The van der Waals surface area contributed by atoms with Crippen LogP contribution in [0.15, 0.2) is 48.7 Å². The lowest BCUT2D eigenvalue weighted by atomic mass is 9.81. The molecule has 0 radical (unpaired) electrons. The predicted molar refractivity (Wildman–Crippen MR) is 127 cm³/mol. The van der Waals surface area contributed by atoms with Crippen molar-refractivity contribution in [2.75, 3.05) is 13.2 Å². The summed E-state index contributed by atoms with van der Waals surface area (Å²) in [6, 6.07) is 7.57. The second-order valence-electron chi connectivity index (χ2n) is 9.06. The van der Waals surface area contributed by atoms with Crippen molar-refractivity contribution in [1.29, 1.82) is 0 Å². The van der Waals surface area contributed by atoms with Crippen LogP contribution in [-0.2, 0) is 15.8 Å². The maximum atomic E-state index is 14.4. The fourth-order valence-electron chi connectivity index (χ4n) is 3.95. The molecule has 6 N–H and O–H groups in total. The van der Waals surface area contributed by atoms with E-state index in [9.17, 15) is 37.1 Å². The molecule has 0 bridgehead atoms. The van der Waals surface area contributed by atoms with Gasteiger partial charge >= 0.3 is 6.18 Å². The molecular weight excluding hydrogens is 526 g/mol. The summed E-state index contributed by atoms with van der Waals surface area (Å²) in [5.41, 5.74) is 3.63. The Morgan fingerprint density at radius 1 is 1.13 bits per heavy atom. The van der Waals surface area contributed by atoms with Crippen molar-refractivity contribution in [1.82, 2.24) is 15.3 Å². The Bertz CT molecular complexity index is 1480. The molecule has 1 aliphatic rings. The summed E-state index contributed by atoms with van der Waals surface area (Å²) in [5, 5.41) is 13.0. The van der Waals surface area contributed by atoms with E-state index in [1.165, 1.54) is 25.1 Å². The Hall–Kier alpha value is -4.59. The number of nitrogens with zero attached hydrogens (tertiary/aromatic N) is 2. The van der Waals surface area contributed by atoms with Crippen LogP contribution in [0.5, 0.6) is 5.75 Å². The highest BCUT2D eigenvalue weighted by Crippen LogP contribution is 2.47. The molecule has 0 fully saturated rings. The number of pyridine rings is 2. The second-order valence-corrected chi connectivity index (χ2v) is 9.06. The number of benzene rings is 1. The number of carbonyl (C=O) groups excluding carboxylic acids is 3. The third kappa shape index (κ3) is 4.85. The highest BCUT2D eigenvalue weighted by atomic mass is 19.4. The van der Waals surface area contributed by atoms with E-state index < -0.39 is 58.7 Å². The van der Waals surface area contributed by atoms with Gasteiger partial charge in [0.2, 0.25) is 17.4 Å². The zero-order valence-corrected chi connectivity index (χ0v) is 20.2. The van der Waals surface area contributed by atoms with Gasteiger partial charge in [-0.1, -0.05) is 0 Å². The number of hydrogen-bond acceptors (Lipinski definition) is 7. The number of hydrogen-bond donors (Lipinski definition) is 4. The van der Waals surface area contributed by atoms with E-state index in [0.29, 0.717) is 0 Å². The van der Waals surface area contributed by atoms with Gasteiger partial charge in [-0.15, -0.1) is 0 Å². The number of rotatable bonds is 7. The molecule has 4 rings (SSSR count). The van der Waals surface area contributed by atoms with Gasteiger partial charge in [-0.3, -0.25) is 19.4 Å². The maximum absolute atomic E-state index is 14.4. The predicted octanol–water partition coefficient (Wildman–Crippen LogP) is 1.70. The minimum Gasteiger partial charge on any atom is -0.489 e. The quantitative estimate of drug-likeness (QED) is 0.326. The minimum atomic E-state index is -5.40. The van der Waals surface area contributed by atoms with Crippen LogP contribution in [0.4, 0.5) is 17.6 Å². The molecule has 3 heterocycles. The summed E-state index contributed by atoms with van der Waals surface area (Å²) in [6.45, 7) is -0.397. The van der Waals surface area contributed by atoms with Gasteiger partial charge in [0.25, 0.3) is 5.91 Å². The number of aliphatic hydroxyl groups is 1. The van der Waals surface area contributed by atoms with E-state index in [4.69, 9.17) is 16.2 Å². The number of primary amides is 2. The Labute approximate surface area is 218 Å². The van der Waals surface area contributed by atoms with Crippen molar-refractivity contribution >= 4 is 17.7 Å². The van der Waals surface area contributed by atoms with E-state index in [-0.39, 0.29) is 34.7 Å². The molecule has 1 aromatic carbocycles. The molecule has 0 spiro atoms. The monoisotopic (exact) mass is 547 g/mol. The second kappa shape index (κ2) is 9.62. The summed E-state index contributed by atoms with van der Waals surface area (Å²) in [7, 11) is 0. The van der Waals surface area contributed by atoms with Gasteiger partial charge in [-0.25, -0.2) is 9.37 Å². The lowest BCUT2D eigenvalue weighted by molar-refractivity contribution is -0.265. The molecule has 14 heteroatoms. The summed E-state index contributed by atoms with van der Waals surface area (Å²) in [4.78, 5) is 43.9. The zero-order valence-electron chi connectivity index (χ0n) is 20.2. The SMILES string of the molecule is C[C@]1(C(N)=O)COc2c1cc([C@@](O)(CNC(=O)c1cc(C(N)=O)ccn1)C(F)(F)F)nc2-c1ccc(F)cc1. The van der Waals surface area contributed by atoms with Crippen LogP contribution in [0.2, 0.25) is 0 Å². The molecule has 0 unspecified atom stereocenters. The van der Waals surface area contributed by atoms with Crippen molar-refractivity contribution in [3.8, 4) is 17.0 Å². The first kappa shape index (κ1) is 27.4. The third-order valence-corrected chi connectivity index (χ3v) is 6.41. The van der Waals surface area contributed by atoms with Crippen molar-refractivity contribution in [3.63, 3.8) is 0 Å². The molecule has 0 saturated carbocycles. The van der Waals surface area contributed by atoms with E-state index in [0.717, 1.165) is 30.5 Å². The first-order valence-electron chi connectivity index (χ1n) is 11.2. The van der Waals surface area contributed by atoms with Crippen molar-refractivity contribution < 1.29 is 41.8 Å². The molecular formula is C25H21F4N5O5. The molecule has 204 valence electrons. The maximum Gasteiger partial charge on any atom is 0.424 e. The smallest absolute Gasteiger partial charge is 0.424 e. The van der Waals surface area contributed by atoms with Crippen LogP contribution < -0.4 is 21.5 Å². The van der Waals surface area contributed by atoms with Crippen LogP contribution >= 0.6 is 0 Å². The average Bonchev–Trinajstić information content (AvgIpc) is 3.24. The van der Waals surface area contributed by atoms with E-state index in [2.05, 4.69) is 9.97 Å². The van der Waals surface area contributed by atoms with Crippen LogP contribution in [-0.4, -0.2) is 52.1 Å². The number of carbonyl (C=O) groups is 3. The largest absolute Gasteiger partial charge is 0.489 e. The van der Waals surface area contributed by atoms with Crippen molar-refractivity contribution in [2.45, 2.75) is 24.1 Å². The summed E-state index contributed by atoms with van der Waals surface area (Å²) >= 11 is 0. The summed E-state index contributed by atoms with van der Waals surface area (Å²) < 4.78 is 62.4. The standard InChI is InChI=1S/C25H21F4N5O5/c1-23(22(31)37)11-39-19-15(23)9-17(34-18(19)12-2-4-14(26)5-3-12)24(38,25(27,28)29)10-33-21(36)16-8-13(20(30)35)6-7-32-16/h2-9,38H,10-11H2,1H3,(H2,30,35)(H2,31,37)(H,33,36)/t23-,24-/m0/s1. The third-order valence-electron chi connectivity index (χ3n) is 6.41. The number of nitrogens with one attached hydrogen (secondary N) is 1. The molecule has 1 aliphatic heterocycles. The van der Waals surface area contributed by atoms with Gasteiger partial charge in [-0.05, 0) is 49.4 Å². The van der Waals surface area contributed by atoms with Crippen LogP contribution in [0, 0.1) is 5.82 Å². The number of aromatic nitrogens is 2. The molecule has 0 saturated heterocycles. The lowest BCUT2D eigenvalue weighted by Crippen LogP contribution is -2.52. The minimum absolute atomic E-state index is 0.0623. The Kier molecular flexibility index (Phi) is 6.77. The summed E-state index contributed by atoms with van der Waals surface area (Å²) in [5.74, 6) is -3.64. The Morgan fingerprint density at radius 3 is 2.38 bits per heavy atom. The zero-order chi connectivity index (χ0) is 28.8. The van der Waals surface area contributed by atoms with E-state index >= 15 is 0 Å². The lowest BCUT2D eigenvalue weighted by Gasteiger charge is -2.31. The molecule has 2 atom stereocenters. The molecule has 0 aliphatic carbocycles. The van der Waals surface area contributed by atoms with Crippen LogP contribution in [0.1, 0.15) is 39.0 Å². The molecule has 10 nitrogen and oxygen atoms in total. The molecule has 3 aromatic rings. The van der Waals surface area contributed by atoms with Crippen LogP contribution in [0.25, 0.3) is 11.3 Å². The normalized spacial score (nSPS) is 18.0. The van der Waals surface area contributed by atoms with Gasteiger partial charge < -0.3 is 26.6 Å². The first-order valence-corrected chi connectivity index (χ1v) is 11.2. The molecule has 2 aromatic heterocycles. The fraction of sp³-hybridized carbons (Fsp3) is 0.240. The molecule has 39 heavy (non-hydrogen) atoms. The Morgan fingerprint density at radius 2 is 1.79 bits per heavy atom. The number of ether oxygens (including phenoxy) is 1. The molecule has 3 amide bonds. The van der Waals surface area contributed by atoms with Crippen molar-refractivity contribution in [2.24, 2.45) is 11.5 Å². The van der Waals surface area contributed by atoms with Gasteiger partial charge in [0.15, 0.2) is 0 Å². The Balaban J connectivity index is 1.82. The van der Waals surface area contributed by atoms with E-state index in [1.807, 2.05) is 5.32 Å². The highest BCUT2D eigenvalue weighted by molar-refractivity contribution is 5.97. The number of alkyl halides is 3. The van der Waals surface area contributed by atoms with Gasteiger partial charge in [0.05, 0.1) is 12.2 Å². The fourth-order valence-corrected chi connectivity index (χ4v) is 3.95. The van der Waals surface area contributed by atoms with Gasteiger partial charge in [0.1, 0.15) is 35.0 Å². The number of fused-ring (bicyclic) bond motifs is 1. The highest BCUT2D eigenvalue weighted by Gasteiger charge is 2.57. The van der Waals surface area contributed by atoms with E-state index in [1.54, 1.807) is 0 Å². The average molecular weight is 547 g/mol. The number of halogens is 4. The topological polar surface area (TPSA) is 171 Å². The van der Waals surface area contributed by atoms with Crippen LogP contribution in [0.3, 0.4) is 0 Å².